The largest absolute Gasteiger partial charge is 0.505 e. The van der Waals surface area contributed by atoms with Crippen LogP contribution in [0.5, 0.6) is 5.75 Å². The summed E-state index contributed by atoms with van der Waals surface area (Å²) in [6.07, 6.45) is 3.64. The number of phenols is 1. The van der Waals surface area contributed by atoms with Gasteiger partial charge in [-0.3, -0.25) is 4.68 Å². The SMILES string of the molecule is CC(NCCn1cc(Br)cn1)c1ccc(F)c(O)c1. The molecule has 1 aromatic heterocycles. The number of nitrogens with one attached hydrogen (secondary N) is 1. The minimum Gasteiger partial charge on any atom is -0.505 e. The highest BCUT2D eigenvalue weighted by atomic mass is 79.9. The molecule has 2 rings (SSSR count). The fourth-order valence-electron chi connectivity index (χ4n) is 1.77. The average molecular weight is 328 g/mol. The minimum absolute atomic E-state index is 0.0329. The van der Waals surface area contributed by atoms with E-state index in [9.17, 15) is 9.50 Å². The van der Waals surface area contributed by atoms with Gasteiger partial charge in [0, 0.05) is 18.8 Å². The van der Waals surface area contributed by atoms with E-state index in [-0.39, 0.29) is 11.8 Å². The van der Waals surface area contributed by atoms with Crippen molar-refractivity contribution in [3.63, 3.8) is 0 Å². The predicted molar refractivity (Wildman–Crippen MR) is 74.4 cm³/mol. The molecular weight excluding hydrogens is 313 g/mol. The molecule has 19 heavy (non-hydrogen) atoms. The van der Waals surface area contributed by atoms with Crippen LogP contribution in [0.2, 0.25) is 0 Å². The Morgan fingerprint density at radius 1 is 1.53 bits per heavy atom. The van der Waals surface area contributed by atoms with Crippen molar-refractivity contribution in [3.8, 4) is 5.75 Å². The van der Waals surface area contributed by atoms with E-state index in [2.05, 4.69) is 26.3 Å². The van der Waals surface area contributed by atoms with Crippen LogP contribution in [0, 0.1) is 5.82 Å². The van der Waals surface area contributed by atoms with Gasteiger partial charge in [0.05, 0.1) is 17.2 Å². The fraction of sp³-hybridized carbons (Fsp3) is 0.308. The lowest BCUT2D eigenvalue weighted by atomic mass is 10.1. The molecule has 2 N–H and O–H groups in total. The van der Waals surface area contributed by atoms with Crippen molar-refractivity contribution < 1.29 is 9.50 Å². The summed E-state index contributed by atoms with van der Waals surface area (Å²) in [6.45, 7) is 3.43. The van der Waals surface area contributed by atoms with Crippen LogP contribution in [-0.4, -0.2) is 21.4 Å². The molecule has 0 saturated carbocycles. The molecular formula is C13H15BrFN3O. The van der Waals surface area contributed by atoms with Gasteiger partial charge >= 0.3 is 0 Å². The Balaban J connectivity index is 1.86. The molecule has 0 saturated heterocycles. The van der Waals surface area contributed by atoms with Crippen molar-refractivity contribution in [2.45, 2.75) is 19.5 Å². The van der Waals surface area contributed by atoms with Crippen LogP contribution in [0.25, 0.3) is 0 Å². The van der Waals surface area contributed by atoms with Gasteiger partial charge in [-0.1, -0.05) is 6.07 Å². The van der Waals surface area contributed by atoms with Gasteiger partial charge in [0.2, 0.25) is 0 Å². The van der Waals surface area contributed by atoms with Gasteiger partial charge in [-0.15, -0.1) is 0 Å². The molecule has 0 radical (unpaired) electrons. The third-order valence-corrected chi connectivity index (χ3v) is 3.27. The number of phenolic OH excluding ortho intramolecular Hbond substituents is 1. The van der Waals surface area contributed by atoms with Crippen molar-refractivity contribution in [3.05, 3.63) is 46.4 Å². The second-order valence-electron chi connectivity index (χ2n) is 4.31. The van der Waals surface area contributed by atoms with Crippen LogP contribution in [0.4, 0.5) is 4.39 Å². The van der Waals surface area contributed by atoms with Crippen LogP contribution in [0.15, 0.2) is 35.1 Å². The zero-order valence-corrected chi connectivity index (χ0v) is 12.1. The lowest BCUT2D eigenvalue weighted by Crippen LogP contribution is -2.23. The molecule has 0 aliphatic rings. The summed E-state index contributed by atoms with van der Waals surface area (Å²) in [7, 11) is 0. The molecule has 0 bridgehead atoms. The van der Waals surface area contributed by atoms with E-state index in [1.165, 1.54) is 12.1 Å². The molecule has 0 fully saturated rings. The molecule has 1 unspecified atom stereocenters. The normalized spacial score (nSPS) is 12.6. The topological polar surface area (TPSA) is 50.1 Å². The smallest absolute Gasteiger partial charge is 0.164 e. The zero-order chi connectivity index (χ0) is 13.8. The van der Waals surface area contributed by atoms with Gasteiger partial charge in [0.15, 0.2) is 11.6 Å². The lowest BCUT2D eigenvalue weighted by Gasteiger charge is -2.14. The van der Waals surface area contributed by atoms with Gasteiger partial charge in [-0.2, -0.15) is 5.10 Å². The maximum absolute atomic E-state index is 13.0. The highest BCUT2D eigenvalue weighted by Gasteiger charge is 2.08. The molecule has 1 atom stereocenters. The predicted octanol–water partition coefficient (Wildman–Crippen LogP) is 2.84. The van der Waals surface area contributed by atoms with Gasteiger partial charge in [0.25, 0.3) is 0 Å². The third-order valence-electron chi connectivity index (χ3n) is 2.86. The molecule has 0 amide bonds. The molecule has 2 aromatic rings. The number of nitrogens with zero attached hydrogens (tertiary/aromatic N) is 2. The number of halogens is 2. The van der Waals surface area contributed by atoms with Gasteiger partial charge in [-0.25, -0.2) is 4.39 Å². The number of hydrogen-bond donors (Lipinski definition) is 2. The van der Waals surface area contributed by atoms with E-state index in [1.807, 2.05) is 17.8 Å². The van der Waals surface area contributed by atoms with E-state index in [1.54, 1.807) is 12.3 Å². The number of hydrogen-bond acceptors (Lipinski definition) is 3. The first-order chi connectivity index (χ1) is 9.06. The van der Waals surface area contributed by atoms with Crippen molar-refractivity contribution in [1.82, 2.24) is 15.1 Å². The molecule has 102 valence electrons. The second kappa shape index (κ2) is 6.16. The standard InChI is InChI=1S/C13H15BrFN3O/c1-9(10-2-3-12(15)13(19)6-10)16-4-5-18-8-11(14)7-17-18/h2-3,6-9,16,19H,4-5H2,1H3. The Kier molecular flexibility index (Phi) is 4.55. The second-order valence-corrected chi connectivity index (χ2v) is 5.22. The quantitative estimate of drug-likeness (QED) is 0.887. The summed E-state index contributed by atoms with van der Waals surface area (Å²) < 4.78 is 15.7. The highest BCUT2D eigenvalue weighted by Crippen LogP contribution is 2.21. The van der Waals surface area contributed by atoms with Crippen molar-refractivity contribution in [2.75, 3.05) is 6.54 Å². The molecule has 4 nitrogen and oxygen atoms in total. The van der Waals surface area contributed by atoms with Crippen LogP contribution in [0.1, 0.15) is 18.5 Å². The van der Waals surface area contributed by atoms with Gasteiger partial charge < -0.3 is 10.4 Å². The first-order valence-electron chi connectivity index (χ1n) is 5.96. The van der Waals surface area contributed by atoms with E-state index in [0.717, 1.165) is 23.1 Å². The monoisotopic (exact) mass is 327 g/mol. The van der Waals surface area contributed by atoms with Crippen LogP contribution in [-0.2, 0) is 6.54 Å². The molecule has 0 aliphatic heterocycles. The van der Waals surface area contributed by atoms with Crippen LogP contribution < -0.4 is 5.32 Å². The molecule has 0 spiro atoms. The molecule has 1 heterocycles. The Bertz CT molecular complexity index is 559. The summed E-state index contributed by atoms with van der Waals surface area (Å²) in [5.41, 5.74) is 0.848. The van der Waals surface area contributed by atoms with Crippen LogP contribution >= 0.6 is 15.9 Å². The Hall–Kier alpha value is -1.40. The summed E-state index contributed by atoms with van der Waals surface area (Å²) in [6, 6.07) is 4.41. The Morgan fingerprint density at radius 2 is 2.32 bits per heavy atom. The summed E-state index contributed by atoms with van der Waals surface area (Å²) in [4.78, 5) is 0. The van der Waals surface area contributed by atoms with Crippen LogP contribution in [0.3, 0.4) is 0 Å². The first kappa shape index (κ1) is 14.0. The lowest BCUT2D eigenvalue weighted by molar-refractivity contribution is 0.429. The van der Waals surface area contributed by atoms with E-state index >= 15 is 0 Å². The number of rotatable bonds is 5. The van der Waals surface area contributed by atoms with E-state index in [0.29, 0.717) is 0 Å². The van der Waals surface area contributed by atoms with Gasteiger partial charge in [-0.05, 0) is 40.5 Å². The highest BCUT2D eigenvalue weighted by molar-refractivity contribution is 9.10. The Labute approximate surface area is 119 Å². The number of aromatic nitrogens is 2. The summed E-state index contributed by atoms with van der Waals surface area (Å²) in [5, 5.41) is 16.8. The minimum atomic E-state index is -0.600. The van der Waals surface area contributed by atoms with Crippen molar-refractivity contribution >= 4 is 15.9 Å². The Morgan fingerprint density at radius 3 is 2.95 bits per heavy atom. The zero-order valence-electron chi connectivity index (χ0n) is 10.5. The summed E-state index contributed by atoms with van der Waals surface area (Å²) >= 11 is 3.34. The van der Waals surface area contributed by atoms with E-state index in [4.69, 9.17) is 0 Å². The molecule has 1 aromatic carbocycles. The maximum Gasteiger partial charge on any atom is 0.164 e. The number of aromatic hydroxyl groups is 1. The van der Waals surface area contributed by atoms with E-state index < -0.39 is 5.82 Å². The maximum atomic E-state index is 13.0. The summed E-state index contributed by atoms with van der Waals surface area (Å²) in [5.74, 6) is -0.917. The van der Waals surface area contributed by atoms with Crippen molar-refractivity contribution in [2.24, 2.45) is 0 Å². The number of benzene rings is 1. The fourth-order valence-corrected chi connectivity index (χ4v) is 2.10. The molecule has 6 heteroatoms. The van der Waals surface area contributed by atoms with Crippen molar-refractivity contribution in [1.29, 1.82) is 0 Å². The first-order valence-corrected chi connectivity index (χ1v) is 6.75. The molecule has 0 aliphatic carbocycles. The average Bonchev–Trinajstić information content (AvgIpc) is 2.78. The third kappa shape index (κ3) is 3.78. The van der Waals surface area contributed by atoms with Gasteiger partial charge in [0.1, 0.15) is 0 Å².